The first-order valence-corrected chi connectivity index (χ1v) is 10.8. The van der Waals surface area contributed by atoms with Crippen LogP contribution in [-0.2, 0) is 10.7 Å². The van der Waals surface area contributed by atoms with Crippen molar-refractivity contribution in [2.24, 2.45) is 0 Å². The van der Waals surface area contributed by atoms with Crippen molar-refractivity contribution in [2.45, 2.75) is 38.7 Å². The molecule has 1 fully saturated rings. The topological polar surface area (TPSA) is 92.1 Å². The van der Waals surface area contributed by atoms with Gasteiger partial charge in [-0.25, -0.2) is 19.6 Å². The SMILES string of the molecule is CC(=O)Nc1cc2c(cn1)c(N1CC[C@@](C)(N(C)C)C1)nn2-c1cc(Cl)nc(C(C)(F)F)n1. The molecule has 0 unspecified atom stereocenters. The largest absolute Gasteiger partial charge is 0.353 e. The van der Waals surface area contributed by atoms with E-state index in [-0.39, 0.29) is 22.4 Å². The number of halogens is 3. The van der Waals surface area contributed by atoms with Crippen molar-refractivity contribution in [1.29, 1.82) is 0 Å². The Labute approximate surface area is 194 Å². The van der Waals surface area contributed by atoms with Crippen LogP contribution in [-0.4, -0.2) is 68.3 Å². The summed E-state index contributed by atoms with van der Waals surface area (Å²) in [5.74, 6) is -3.21. The maximum Gasteiger partial charge on any atom is 0.303 e. The van der Waals surface area contributed by atoms with Crippen LogP contribution in [0.5, 0.6) is 0 Å². The summed E-state index contributed by atoms with van der Waals surface area (Å²) in [7, 11) is 4.08. The van der Waals surface area contributed by atoms with Gasteiger partial charge in [-0.15, -0.1) is 5.10 Å². The molecule has 0 bridgehead atoms. The van der Waals surface area contributed by atoms with Crippen molar-refractivity contribution in [3.63, 3.8) is 0 Å². The molecule has 3 aromatic heterocycles. The summed E-state index contributed by atoms with van der Waals surface area (Å²) in [6.45, 7) is 5.75. The summed E-state index contributed by atoms with van der Waals surface area (Å²) in [4.78, 5) is 27.9. The van der Waals surface area contributed by atoms with Crippen molar-refractivity contribution in [2.75, 3.05) is 37.4 Å². The number of carbonyl (C=O) groups excluding carboxylic acids is 1. The molecule has 0 aliphatic carbocycles. The number of aromatic nitrogens is 5. The fourth-order valence-electron chi connectivity index (χ4n) is 3.85. The number of anilines is 2. The Morgan fingerprint density at radius 3 is 2.64 bits per heavy atom. The molecule has 4 rings (SSSR count). The Balaban J connectivity index is 1.89. The number of carbonyl (C=O) groups is 1. The third-order valence-corrected chi connectivity index (χ3v) is 6.17. The number of rotatable bonds is 5. The third-order valence-electron chi connectivity index (χ3n) is 5.97. The molecule has 9 nitrogen and oxygen atoms in total. The molecule has 1 amide bonds. The van der Waals surface area contributed by atoms with Crippen molar-refractivity contribution >= 4 is 40.0 Å². The summed E-state index contributed by atoms with van der Waals surface area (Å²) < 4.78 is 29.4. The highest BCUT2D eigenvalue weighted by Crippen LogP contribution is 2.35. The maximum atomic E-state index is 14.0. The van der Waals surface area contributed by atoms with E-state index in [2.05, 4.69) is 37.0 Å². The molecule has 1 saturated heterocycles. The monoisotopic (exact) mass is 478 g/mol. The van der Waals surface area contributed by atoms with E-state index in [1.165, 1.54) is 17.7 Å². The molecule has 33 heavy (non-hydrogen) atoms. The van der Waals surface area contributed by atoms with Crippen LogP contribution in [0.2, 0.25) is 5.15 Å². The van der Waals surface area contributed by atoms with E-state index in [1.54, 1.807) is 12.3 Å². The van der Waals surface area contributed by atoms with Crippen LogP contribution in [0.25, 0.3) is 16.7 Å². The lowest BCUT2D eigenvalue weighted by atomic mass is 10.0. The van der Waals surface area contributed by atoms with Gasteiger partial charge < -0.3 is 15.1 Å². The number of nitrogens with one attached hydrogen (secondary N) is 1. The zero-order chi connectivity index (χ0) is 24.1. The summed E-state index contributed by atoms with van der Waals surface area (Å²) in [6.07, 6.45) is 2.54. The zero-order valence-electron chi connectivity index (χ0n) is 19.0. The highest BCUT2D eigenvalue weighted by atomic mass is 35.5. The summed E-state index contributed by atoms with van der Waals surface area (Å²) in [6, 6.07) is 3.01. The second-order valence-corrected chi connectivity index (χ2v) is 9.21. The van der Waals surface area contributed by atoms with Crippen molar-refractivity contribution in [3.05, 3.63) is 29.3 Å². The van der Waals surface area contributed by atoms with Gasteiger partial charge in [0.15, 0.2) is 11.6 Å². The van der Waals surface area contributed by atoms with Crippen LogP contribution < -0.4 is 10.2 Å². The van der Waals surface area contributed by atoms with E-state index >= 15 is 0 Å². The molecule has 1 aliphatic heterocycles. The Bertz CT molecular complexity index is 1220. The molecule has 1 aliphatic rings. The van der Waals surface area contributed by atoms with Crippen molar-refractivity contribution < 1.29 is 13.6 Å². The molecular formula is C21H25ClF2N8O. The van der Waals surface area contributed by atoms with Gasteiger partial charge in [-0.1, -0.05) is 11.6 Å². The molecular weight excluding hydrogens is 454 g/mol. The van der Waals surface area contributed by atoms with Crippen molar-refractivity contribution in [3.8, 4) is 5.82 Å². The number of alkyl halides is 2. The highest BCUT2D eigenvalue weighted by Gasteiger charge is 2.37. The number of hydrogen-bond donors (Lipinski definition) is 1. The quantitative estimate of drug-likeness (QED) is 0.561. The van der Waals surface area contributed by atoms with Gasteiger partial charge in [-0.2, -0.15) is 8.78 Å². The Morgan fingerprint density at radius 1 is 1.30 bits per heavy atom. The van der Waals surface area contributed by atoms with Gasteiger partial charge in [0, 0.05) is 50.8 Å². The van der Waals surface area contributed by atoms with Gasteiger partial charge in [0.1, 0.15) is 11.0 Å². The van der Waals surface area contributed by atoms with Gasteiger partial charge in [0.2, 0.25) is 11.7 Å². The third kappa shape index (κ3) is 4.47. The fourth-order valence-corrected chi connectivity index (χ4v) is 4.03. The zero-order valence-corrected chi connectivity index (χ0v) is 19.8. The molecule has 1 N–H and O–H groups in total. The first-order chi connectivity index (χ1) is 15.4. The molecule has 4 heterocycles. The minimum atomic E-state index is -3.28. The van der Waals surface area contributed by atoms with Gasteiger partial charge in [-0.3, -0.25) is 4.79 Å². The van der Waals surface area contributed by atoms with Crippen LogP contribution in [0.4, 0.5) is 20.4 Å². The maximum absolute atomic E-state index is 14.0. The van der Waals surface area contributed by atoms with Crippen LogP contribution in [0, 0.1) is 0 Å². The first-order valence-electron chi connectivity index (χ1n) is 10.4. The molecule has 12 heteroatoms. The second kappa shape index (κ2) is 8.14. The van der Waals surface area contributed by atoms with E-state index in [9.17, 15) is 13.6 Å². The van der Waals surface area contributed by atoms with Crippen LogP contribution in [0.3, 0.4) is 0 Å². The summed E-state index contributed by atoms with van der Waals surface area (Å²) >= 11 is 6.05. The Hall–Kier alpha value is -2.92. The lowest BCUT2D eigenvalue weighted by Gasteiger charge is -2.32. The Kier molecular flexibility index (Phi) is 5.73. The minimum Gasteiger partial charge on any atom is -0.353 e. The molecule has 0 aromatic carbocycles. The molecule has 3 aromatic rings. The molecule has 1 atom stereocenters. The highest BCUT2D eigenvalue weighted by molar-refractivity contribution is 6.29. The number of fused-ring (bicyclic) bond motifs is 1. The van der Waals surface area contributed by atoms with Gasteiger partial charge >= 0.3 is 5.92 Å². The molecule has 0 radical (unpaired) electrons. The smallest absolute Gasteiger partial charge is 0.303 e. The van der Waals surface area contributed by atoms with Crippen molar-refractivity contribution in [1.82, 2.24) is 29.6 Å². The van der Waals surface area contributed by atoms with Gasteiger partial charge in [0.05, 0.1) is 10.9 Å². The fraction of sp³-hybridized carbons (Fsp3) is 0.476. The van der Waals surface area contributed by atoms with Gasteiger partial charge in [0.25, 0.3) is 0 Å². The normalized spacial score (nSPS) is 19.0. The van der Waals surface area contributed by atoms with E-state index in [0.29, 0.717) is 29.5 Å². The number of pyridine rings is 1. The molecule has 176 valence electrons. The van der Waals surface area contributed by atoms with E-state index < -0.39 is 11.7 Å². The van der Waals surface area contributed by atoms with E-state index in [0.717, 1.165) is 19.5 Å². The van der Waals surface area contributed by atoms with E-state index in [1.807, 2.05) is 14.1 Å². The number of likely N-dealkylation sites (N-methyl/N-ethyl adjacent to an activating group) is 1. The average Bonchev–Trinajstić information content (AvgIpc) is 3.28. The summed E-state index contributed by atoms with van der Waals surface area (Å²) in [5, 5.41) is 7.94. The lowest BCUT2D eigenvalue weighted by Crippen LogP contribution is -2.43. The second-order valence-electron chi connectivity index (χ2n) is 8.83. The predicted octanol–water partition coefficient (Wildman–Crippen LogP) is 3.46. The summed E-state index contributed by atoms with van der Waals surface area (Å²) in [5.41, 5.74) is 0.498. The van der Waals surface area contributed by atoms with Crippen LogP contribution in [0.1, 0.15) is 33.0 Å². The minimum absolute atomic E-state index is 0.0463. The molecule has 0 saturated carbocycles. The average molecular weight is 479 g/mol. The van der Waals surface area contributed by atoms with Crippen LogP contribution >= 0.6 is 11.6 Å². The predicted molar refractivity (Wildman–Crippen MR) is 122 cm³/mol. The van der Waals surface area contributed by atoms with Crippen LogP contribution in [0.15, 0.2) is 18.3 Å². The number of amides is 1. The number of hydrogen-bond acceptors (Lipinski definition) is 7. The van der Waals surface area contributed by atoms with E-state index in [4.69, 9.17) is 16.7 Å². The van der Waals surface area contributed by atoms with Gasteiger partial charge in [-0.05, 0) is 27.4 Å². The first kappa shape index (κ1) is 23.2. The standard InChI is InChI=1S/C21H25ClF2N8O/c1-12(33)26-16-8-14-13(10-25-16)18(31-7-6-20(2,11-31)30(4)5)29-32(14)17-9-15(22)27-19(28-17)21(3,23)24/h8-10H,6-7,11H2,1-5H3,(H,25,26,33)/t20-/m1/s1. The Morgan fingerprint density at radius 2 is 2.03 bits per heavy atom. The molecule has 0 spiro atoms. The number of nitrogens with zero attached hydrogens (tertiary/aromatic N) is 7. The lowest BCUT2D eigenvalue weighted by molar-refractivity contribution is -0.114.